The molecule has 0 aliphatic rings. The highest BCUT2D eigenvalue weighted by Crippen LogP contribution is 2.32. The molecule has 10 heteroatoms. The Bertz CT molecular complexity index is 909. The van der Waals surface area contributed by atoms with Crippen molar-refractivity contribution in [3.63, 3.8) is 0 Å². The Morgan fingerprint density at radius 1 is 1.11 bits per heavy atom. The molecule has 0 saturated carbocycles. The first-order chi connectivity index (χ1) is 13.5. The van der Waals surface area contributed by atoms with E-state index in [1.807, 2.05) is 0 Å². The van der Waals surface area contributed by atoms with E-state index >= 15 is 0 Å². The van der Waals surface area contributed by atoms with Crippen LogP contribution in [-0.4, -0.2) is 23.9 Å². The van der Waals surface area contributed by atoms with Gasteiger partial charge < -0.3 is 18.6 Å². The van der Waals surface area contributed by atoms with Crippen LogP contribution in [0.2, 0.25) is 5.02 Å². The summed E-state index contributed by atoms with van der Waals surface area (Å²) >= 11 is 7.12. The van der Waals surface area contributed by atoms with Gasteiger partial charge in [-0.3, -0.25) is 0 Å². The van der Waals surface area contributed by atoms with Crippen LogP contribution >= 0.6 is 23.4 Å². The maximum absolute atomic E-state index is 12.4. The average molecular weight is 429 g/mol. The number of methoxy groups -OCH3 is 1. The molecular formula is C18H15ClF2N2O4S. The molecule has 0 fully saturated rings. The van der Waals surface area contributed by atoms with Gasteiger partial charge in [-0.1, -0.05) is 29.4 Å². The first kappa shape index (κ1) is 20.2. The van der Waals surface area contributed by atoms with Crippen molar-refractivity contribution in [1.82, 2.24) is 10.2 Å². The molecule has 0 unspecified atom stereocenters. The third kappa shape index (κ3) is 5.74. The number of ether oxygens (including phenoxy) is 3. The van der Waals surface area contributed by atoms with Crippen LogP contribution in [0.15, 0.2) is 52.1 Å². The fourth-order valence-electron chi connectivity index (χ4n) is 2.17. The molecule has 0 aliphatic heterocycles. The number of hydrogen-bond acceptors (Lipinski definition) is 7. The smallest absolute Gasteiger partial charge is 0.387 e. The van der Waals surface area contributed by atoms with Crippen molar-refractivity contribution in [1.29, 1.82) is 0 Å². The molecule has 2 aromatic carbocycles. The molecule has 0 atom stereocenters. The van der Waals surface area contributed by atoms with E-state index in [0.717, 1.165) is 5.56 Å². The fraction of sp³-hybridized carbons (Fsp3) is 0.222. The molecule has 0 amide bonds. The number of hydrogen-bond donors (Lipinski definition) is 0. The summed E-state index contributed by atoms with van der Waals surface area (Å²) in [5, 5.41) is 8.85. The second-order valence-electron chi connectivity index (χ2n) is 5.36. The van der Waals surface area contributed by atoms with Crippen molar-refractivity contribution in [3.8, 4) is 17.2 Å². The van der Waals surface area contributed by atoms with Crippen molar-refractivity contribution in [3.05, 3.63) is 58.9 Å². The zero-order chi connectivity index (χ0) is 19.9. The van der Waals surface area contributed by atoms with Gasteiger partial charge in [0.2, 0.25) is 0 Å². The highest BCUT2D eigenvalue weighted by Gasteiger charge is 2.12. The lowest BCUT2D eigenvalue weighted by molar-refractivity contribution is -0.0512. The molecule has 1 aromatic heterocycles. The van der Waals surface area contributed by atoms with Gasteiger partial charge in [0.1, 0.15) is 5.75 Å². The zero-order valence-electron chi connectivity index (χ0n) is 14.6. The number of halogens is 3. The first-order valence-electron chi connectivity index (χ1n) is 7.99. The van der Waals surface area contributed by atoms with E-state index in [0.29, 0.717) is 27.6 Å². The molecular weight excluding hydrogens is 414 g/mol. The molecule has 0 radical (unpaired) electrons. The normalized spacial score (nSPS) is 10.9. The van der Waals surface area contributed by atoms with Crippen molar-refractivity contribution >= 4 is 23.4 Å². The zero-order valence-corrected chi connectivity index (χ0v) is 16.2. The Balaban J connectivity index is 1.54. The van der Waals surface area contributed by atoms with Crippen LogP contribution in [0.3, 0.4) is 0 Å². The molecule has 0 saturated heterocycles. The lowest BCUT2D eigenvalue weighted by Gasteiger charge is -2.10. The second-order valence-corrected chi connectivity index (χ2v) is 6.72. The predicted molar refractivity (Wildman–Crippen MR) is 99.3 cm³/mol. The quantitative estimate of drug-likeness (QED) is 0.434. The largest absolute Gasteiger partial charge is 0.493 e. The van der Waals surface area contributed by atoms with Gasteiger partial charge in [-0.25, -0.2) is 0 Å². The average Bonchev–Trinajstić information content (AvgIpc) is 3.14. The van der Waals surface area contributed by atoms with Crippen LogP contribution < -0.4 is 14.2 Å². The minimum Gasteiger partial charge on any atom is -0.493 e. The number of benzene rings is 2. The van der Waals surface area contributed by atoms with Gasteiger partial charge in [0.05, 0.1) is 7.11 Å². The molecule has 0 spiro atoms. The predicted octanol–water partition coefficient (Wildman–Crippen LogP) is 5.20. The van der Waals surface area contributed by atoms with Crippen molar-refractivity contribution < 1.29 is 27.4 Å². The number of nitrogens with zero attached hydrogens (tertiary/aromatic N) is 2. The lowest BCUT2D eigenvalue weighted by atomic mass is 10.2. The highest BCUT2D eigenvalue weighted by atomic mass is 35.5. The fourth-order valence-corrected chi connectivity index (χ4v) is 3.02. The van der Waals surface area contributed by atoms with Gasteiger partial charge in [0.25, 0.3) is 11.1 Å². The molecule has 1 heterocycles. The van der Waals surface area contributed by atoms with E-state index in [9.17, 15) is 8.78 Å². The van der Waals surface area contributed by atoms with Crippen LogP contribution in [0.4, 0.5) is 8.78 Å². The summed E-state index contributed by atoms with van der Waals surface area (Å²) in [6, 6.07) is 11.6. The standard InChI is InChI=1S/C18H15ClF2N2O4S/c1-24-15-8-11(2-7-14(15)26-17(20)21)10-28-18-23-22-16(27-18)9-25-13-5-3-12(19)4-6-13/h2-8,17H,9-10H2,1H3. The molecule has 28 heavy (non-hydrogen) atoms. The third-order valence-corrected chi connectivity index (χ3v) is 4.57. The maximum Gasteiger partial charge on any atom is 0.387 e. The SMILES string of the molecule is COc1cc(CSc2nnc(COc3ccc(Cl)cc3)o2)ccc1OC(F)F. The van der Waals surface area contributed by atoms with Crippen LogP contribution in [-0.2, 0) is 12.4 Å². The molecule has 3 aromatic rings. The van der Waals surface area contributed by atoms with Gasteiger partial charge in [-0.2, -0.15) is 8.78 Å². The summed E-state index contributed by atoms with van der Waals surface area (Å²) < 4.78 is 45.3. The number of aromatic nitrogens is 2. The van der Waals surface area contributed by atoms with Gasteiger partial charge in [-0.15, -0.1) is 10.2 Å². The molecule has 0 N–H and O–H groups in total. The Labute approximate surface area is 168 Å². The molecule has 0 aliphatic carbocycles. The van der Waals surface area contributed by atoms with Gasteiger partial charge in [-0.05, 0) is 42.0 Å². The maximum atomic E-state index is 12.4. The van der Waals surface area contributed by atoms with Crippen molar-refractivity contribution in [2.45, 2.75) is 24.2 Å². The summed E-state index contributed by atoms with van der Waals surface area (Å²) in [4.78, 5) is 0. The Kier molecular flexibility index (Phi) is 6.94. The summed E-state index contributed by atoms with van der Waals surface area (Å²) in [5.74, 6) is 1.64. The van der Waals surface area contributed by atoms with Crippen LogP contribution in [0.5, 0.6) is 17.2 Å². The van der Waals surface area contributed by atoms with E-state index in [4.69, 9.17) is 25.5 Å². The van der Waals surface area contributed by atoms with E-state index in [1.54, 1.807) is 36.4 Å². The van der Waals surface area contributed by atoms with E-state index < -0.39 is 6.61 Å². The Morgan fingerprint density at radius 2 is 1.89 bits per heavy atom. The van der Waals surface area contributed by atoms with Crippen molar-refractivity contribution in [2.24, 2.45) is 0 Å². The Morgan fingerprint density at radius 3 is 2.61 bits per heavy atom. The minimum atomic E-state index is -2.92. The highest BCUT2D eigenvalue weighted by molar-refractivity contribution is 7.98. The third-order valence-electron chi connectivity index (χ3n) is 3.43. The van der Waals surface area contributed by atoms with Gasteiger partial charge >= 0.3 is 6.61 Å². The second kappa shape index (κ2) is 9.61. The first-order valence-corrected chi connectivity index (χ1v) is 9.35. The number of rotatable bonds is 9. The summed E-state index contributed by atoms with van der Waals surface area (Å²) in [6.07, 6.45) is 0. The Hall–Kier alpha value is -2.52. The van der Waals surface area contributed by atoms with Crippen LogP contribution in [0, 0.1) is 0 Å². The van der Waals surface area contributed by atoms with Crippen LogP contribution in [0.1, 0.15) is 11.5 Å². The van der Waals surface area contributed by atoms with Crippen LogP contribution in [0.25, 0.3) is 0 Å². The van der Waals surface area contributed by atoms with E-state index in [-0.39, 0.29) is 18.1 Å². The van der Waals surface area contributed by atoms with E-state index in [2.05, 4.69) is 14.9 Å². The number of thioether (sulfide) groups is 1. The lowest BCUT2D eigenvalue weighted by Crippen LogP contribution is -2.03. The topological polar surface area (TPSA) is 66.6 Å². The minimum absolute atomic E-state index is 0.0225. The molecule has 6 nitrogen and oxygen atoms in total. The van der Waals surface area contributed by atoms with Gasteiger partial charge in [0, 0.05) is 10.8 Å². The summed E-state index contributed by atoms with van der Waals surface area (Å²) in [6.45, 7) is -2.79. The summed E-state index contributed by atoms with van der Waals surface area (Å²) in [5.41, 5.74) is 0.820. The monoisotopic (exact) mass is 428 g/mol. The molecule has 148 valence electrons. The van der Waals surface area contributed by atoms with E-state index in [1.165, 1.54) is 24.9 Å². The molecule has 0 bridgehead atoms. The molecule has 3 rings (SSSR count). The van der Waals surface area contributed by atoms with Crippen molar-refractivity contribution in [2.75, 3.05) is 7.11 Å². The summed E-state index contributed by atoms with van der Waals surface area (Å²) in [7, 11) is 1.38. The van der Waals surface area contributed by atoms with Gasteiger partial charge in [0.15, 0.2) is 18.1 Å². The number of alkyl halides is 2.